The Bertz CT molecular complexity index is 1210. The molecule has 0 aliphatic rings. The maximum absolute atomic E-state index is 12.8. The second-order valence-corrected chi connectivity index (χ2v) is 6.58. The first-order chi connectivity index (χ1) is 12.5. The Hall–Kier alpha value is -3.80. The van der Waals surface area contributed by atoms with E-state index < -0.39 is 21.6 Å². The van der Waals surface area contributed by atoms with Crippen LogP contribution in [0.1, 0.15) is 0 Å². The average molecular weight is 367 g/mol. The first-order valence-corrected chi connectivity index (χ1v) is 8.55. The molecule has 3 aromatic carbocycles. The van der Waals surface area contributed by atoms with Crippen molar-refractivity contribution in [2.24, 2.45) is 5.11 Å². The van der Waals surface area contributed by atoms with Gasteiger partial charge in [0.15, 0.2) is 10.7 Å². The standard InChI is InChI=1S/C16H9N5O4S/c17-19-13-9-15(10-5-1-2-6-11(10)16(13)22)26(23,24)25-14-8-4-3-7-12(14)20-21-18/h1-9H. The minimum atomic E-state index is -4.42. The van der Waals surface area contributed by atoms with Crippen LogP contribution >= 0.6 is 0 Å². The fraction of sp³-hybridized carbons (Fsp3) is 0. The number of diazo groups is 1. The molecular weight excluding hydrogens is 358 g/mol. The van der Waals surface area contributed by atoms with E-state index in [1.54, 1.807) is 18.2 Å². The van der Waals surface area contributed by atoms with Gasteiger partial charge < -0.3 is 9.29 Å². The molecule has 0 heterocycles. The minimum Gasteiger partial charge on any atom is -0.867 e. The summed E-state index contributed by atoms with van der Waals surface area (Å²) in [5, 5.41) is 24.8. The summed E-state index contributed by atoms with van der Waals surface area (Å²) in [4.78, 5) is 5.12. The lowest BCUT2D eigenvalue weighted by atomic mass is 10.1. The van der Waals surface area contributed by atoms with Gasteiger partial charge in [0.2, 0.25) is 5.39 Å². The topological polar surface area (TPSA) is 143 Å². The van der Waals surface area contributed by atoms with Crippen molar-refractivity contribution in [3.8, 4) is 11.5 Å². The molecule has 0 radical (unpaired) electrons. The maximum atomic E-state index is 12.8. The molecule has 3 aromatic rings. The lowest BCUT2D eigenvalue weighted by molar-refractivity contribution is -0.264. The van der Waals surface area contributed by atoms with Gasteiger partial charge in [-0.3, -0.25) is 0 Å². The second kappa shape index (κ2) is 6.60. The molecule has 0 aliphatic carbocycles. The Balaban J connectivity index is 2.22. The highest BCUT2D eigenvalue weighted by atomic mass is 32.2. The molecule has 9 nitrogen and oxygen atoms in total. The van der Waals surface area contributed by atoms with E-state index >= 15 is 0 Å². The van der Waals surface area contributed by atoms with Crippen molar-refractivity contribution >= 4 is 32.3 Å². The predicted molar refractivity (Wildman–Crippen MR) is 91.2 cm³/mol. The average Bonchev–Trinajstić information content (AvgIpc) is 2.64. The van der Waals surface area contributed by atoms with Crippen molar-refractivity contribution in [2.45, 2.75) is 4.90 Å². The molecule has 26 heavy (non-hydrogen) atoms. The molecule has 0 N–H and O–H groups in total. The van der Waals surface area contributed by atoms with E-state index in [4.69, 9.17) is 15.1 Å². The fourth-order valence-electron chi connectivity index (χ4n) is 2.40. The van der Waals surface area contributed by atoms with Gasteiger partial charge in [0, 0.05) is 10.3 Å². The zero-order chi connectivity index (χ0) is 18.7. The second-order valence-electron chi connectivity index (χ2n) is 5.06. The molecule has 0 saturated carbocycles. The largest absolute Gasteiger partial charge is 0.867 e. The van der Waals surface area contributed by atoms with E-state index in [9.17, 15) is 13.5 Å². The van der Waals surface area contributed by atoms with Gasteiger partial charge in [-0.15, -0.1) is 0 Å². The summed E-state index contributed by atoms with van der Waals surface area (Å²) >= 11 is 0. The molecule has 0 saturated heterocycles. The summed E-state index contributed by atoms with van der Waals surface area (Å²) in [5.41, 5.74) is 8.12. The molecule has 0 aliphatic heterocycles. The monoisotopic (exact) mass is 367 g/mol. The van der Waals surface area contributed by atoms with Crippen LogP contribution in [0.25, 0.3) is 26.2 Å². The molecule has 0 aromatic heterocycles. The van der Waals surface area contributed by atoms with Crippen LogP contribution in [0.4, 0.5) is 11.4 Å². The van der Waals surface area contributed by atoms with Crippen LogP contribution in [0.3, 0.4) is 0 Å². The fourth-order valence-corrected chi connectivity index (χ4v) is 3.57. The first-order valence-electron chi connectivity index (χ1n) is 7.14. The lowest BCUT2D eigenvalue weighted by Gasteiger charge is -2.13. The number of azide groups is 1. The minimum absolute atomic E-state index is 0.0182. The van der Waals surface area contributed by atoms with E-state index in [2.05, 4.69) is 15.0 Å². The van der Waals surface area contributed by atoms with Crippen LogP contribution in [0.2, 0.25) is 0 Å². The van der Waals surface area contributed by atoms with Gasteiger partial charge in [-0.2, -0.15) is 8.42 Å². The molecule has 3 rings (SSSR count). The Labute approximate surface area is 147 Å². The van der Waals surface area contributed by atoms with E-state index in [1.165, 1.54) is 30.3 Å². The lowest BCUT2D eigenvalue weighted by Crippen LogP contribution is -2.11. The number of hydrogen-bond acceptors (Lipinski definition) is 6. The normalized spacial score (nSPS) is 10.7. The molecular formula is C16H9N5O4S. The van der Waals surface area contributed by atoms with E-state index in [0.717, 1.165) is 6.07 Å². The van der Waals surface area contributed by atoms with E-state index in [1.807, 2.05) is 0 Å². The van der Waals surface area contributed by atoms with Crippen LogP contribution in [0, 0.1) is 5.39 Å². The third-order valence-electron chi connectivity index (χ3n) is 3.53. The first kappa shape index (κ1) is 17.0. The molecule has 128 valence electrons. The number of para-hydroxylation sites is 1. The van der Waals surface area contributed by atoms with Crippen LogP contribution in [-0.4, -0.2) is 8.42 Å². The van der Waals surface area contributed by atoms with Crippen molar-refractivity contribution in [1.82, 2.24) is 0 Å². The molecule has 0 atom stereocenters. The van der Waals surface area contributed by atoms with Crippen molar-refractivity contribution in [1.29, 1.82) is 5.39 Å². The summed E-state index contributed by atoms with van der Waals surface area (Å²) in [6.45, 7) is 0. The molecule has 0 amide bonds. The summed E-state index contributed by atoms with van der Waals surface area (Å²) in [7, 11) is -4.42. The third kappa shape index (κ3) is 2.95. The molecule has 0 unspecified atom stereocenters. The van der Waals surface area contributed by atoms with Crippen molar-refractivity contribution in [3.63, 3.8) is 0 Å². The zero-order valence-electron chi connectivity index (χ0n) is 13.0. The Morgan fingerprint density at radius 1 is 1.08 bits per heavy atom. The number of hydrogen-bond donors (Lipinski definition) is 0. The smallest absolute Gasteiger partial charge is 0.379 e. The SMILES string of the molecule is N#[N+]c1cc(S(=O)(=O)Oc2ccccc2N=[N+]=[N-])c2ccccc2c1[O-]. The number of fused-ring (bicyclic) bond motifs is 1. The molecule has 0 spiro atoms. The quantitative estimate of drug-likeness (QED) is 0.224. The van der Waals surface area contributed by atoms with Crippen LogP contribution in [0.5, 0.6) is 11.5 Å². The Morgan fingerprint density at radius 2 is 1.73 bits per heavy atom. The van der Waals surface area contributed by atoms with Crippen LogP contribution in [-0.2, 0) is 10.1 Å². The number of nitrogens with zero attached hydrogens (tertiary/aromatic N) is 5. The third-order valence-corrected chi connectivity index (χ3v) is 4.81. The van der Waals surface area contributed by atoms with Gasteiger partial charge in [-0.25, -0.2) is 0 Å². The van der Waals surface area contributed by atoms with Gasteiger partial charge in [-0.05, 0) is 28.8 Å². The van der Waals surface area contributed by atoms with Gasteiger partial charge >= 0.3 is 15.8 Å². The highest BCUT2D eigenvalue weighted by Gasteiger charge is 2.25. The van der Waals surface area contributed by atoms with Crippen LogP contribution in [0.15, 0.2) is 64.6 Å². The highest BCUT2D eigenvalue weighted by molar-refractivity contribution is 7.87. The van der Waals surface area contributed by atoms with Crippen molar-refractivity contribution < 1.29 is 17.7 Å². The summed E-state index contributed by atoms with van der Waals surface area (Å²) in [6.07, 6.45) is 0. The summed E-state index contributed by atoms with van der Waals surface area (Å²) in [6, 6.07) is 12.7. The summed E-state index contributed by atoms with van der Waals surface area (Å²) < 4.78 is 30.6. The Kier molecular flexibility index (Phi) is 4.33. The molecule has 0 bridgehead atoms. The van der Waals surface area contributed by atoms with Crippen LogP contribution < -0.4 is 9.29 Å². The van der Waals surface area contributed by atoms with Gasteiger partial charge in [0.25, 0.3) is 0 Å². The predicted octanol–water partition coefficient (Wildman–Crippen LogP) is 4.11. The van der Waals surface area contributed by atoms with Gasteiger partial charge in [0.05, 0.1) is 11.8 Å². The maximum Gasteiger partial charge on any atom is 0.379 e. The van der Waals surface area contributed by atoms with E-state index in [0.29, 0.717) is 0 Å². The van der Waals surface area contributed by atoms with Crippen molar-refractivity contribution in [2.75, 3.05) is 0 Å². The Morgan fingerprint density at radius 3 is 2.42 bits per heavy atom. The molecule has 0 fully saturated rings. The van der Waals surface area contributed by atoms with Gasteiger partial charge in [0.1, 0.15) is 4.90 Å². The van der Waals surface area contributed by atoms with Crippen molar-refractivity contribution in [3.05, 3.63) is 70.0 Å². The highest BCUT2D eigenvalue weighted by Crippen LogP contribution is 2.38. The van der Waals surface area contributed by atoms with Gasteiger partial charge in [-0.1, -0.05) is 41.5 Å². The summed E-state index contributed by atoms with van der Waals surface area (Å²) in [5.74, 6) is -0.792. The number of benzene rings is 3. The molecule has 10 heteroatoms. The zero-order valence-corrected chi connectivity index (χ0v) is 13.8. The van der Waals surface area contributed by atoms with E-state index in [-0.39, 0.29) is 27.1 Å². The number of rotatable bonds is 4.